The fourth-order valence-electron chi connectivity index (χ4n) is 1.31. The number of hydrogen-bond donors (Lipinski definition) is 1. The highest BCUT2D eigenvalue weighted by atomic mass is 79.9. The molecule has 1 aromatic carbocycles. The first-order valence-electron chi connectivity index (χ1n) is 4.83. The number of carbonyl (C=O) groups is 1. The van der Waals surface area contributed by atoms with Crippen molar-refractivity contribution < 1.29 is 9.90 Å². The molecule has 0 saturated heterocycles. The molecule has 0 bridgehead atoms. The highest BCUT2D eigenvalue weighted by Crippen LogP contribution is 2.16. The number of carboxylic acid groups (broad SMARTS) is 1. The molecule has 0 fully saturated rings. The van der Waals surface area contributed by atoms with Gasteiger partial charge in [-0.05, 0) is 30.2 Å². The van der Waals surface area contributed by atoms with Crippen LogP contribution in [0.5, 0.6) is 0 Å². The summed E-state index contributed by atoms with van der Waals surface area (Å²) in [5.74, 6) is -0.836. The van der Waals surface area contributed by atoms with Gasteiger partial charge in [-0.2, -0.15) is 0 Å². The molecule has 0 aliphatic carbocycles. The number of aliphatic carboxylic acids is 1. The minimum absolute atomic E-state index is 0.454. The van der Waals surface area contributed by atoms with Gasteiger partial charge in [-0.3, -0.25) is 0 Å². The Morgan fingerprint density at radius 2 is 2.27 bits per heavy atom. The summed E-state index contributed by atoms with van der Waals surface area (Å²) in [6.45, 7) is 1.97. The molecule has 0 aromatic heterocycles. The van der Waals surface area contributed by atoms with Crippen molar-refractivity contribution in [3.8, 4) is 0 Å². The van der Waals surface area contributed by atoms with Crippen LogP contribution in [-0.4, -0.2) is 11.1 Å². The predicted molar refractivity (Wildman–Crippen MR) is 64.7 cm³/mol. The predicted octanol–water partition coefficient (Wildman–Crippen LogP) is 3.72. The van der Waals surface area contributed by atoms with Crippen LogP contribution in [0.15, 0.2) is 34.3 Å². The van der Waals surface area contributed by atoms with Gasteiger partial charge in [0, 0.05) is 10.0 Å². The number of benzene rings is 1. The molecule has 0 unspecified atom stereocenters. The van der Waals surface area contributed by atoms with Gasteiger partial charge in [0.2, 0.25) is 0 Å². The lowest BCUT2D eigenvalue weighted by molar-refractivity contribution is -0.132. The smallest absolute Gasteiger partial charge is 0.331 e. The van der Waals surface area contributed by atoms with Gasteiger partial charge >= 0.3 is 5.97 Å². The molecule has 3 heteroatoms. The molecule has 1 rings (SSSR count). The Morgan fingerprint density at radius 1 is 1.53 bits per heavy atom. The topological polar surface area (TPSA) is 37.3 Å². The van der Waals surface area contributed by atoms with E-state index in [4.69, 9.17) is 5.11 Å². The molecule has 0 heterocycles. The zero-order valence-corrected chi connectivity index (χ0v) is 10.1. The Balaban J connectivity index is 2.96. The van der Waals surface area contributed by atoms with Crippen LogP contribution in [0.3, 0.4) is 0 Å². The largest absolute Gasteiger partial charge is 0.478 e. The summed E-state index contributed by atoms with van der Waals surface area (Å²) in [4.78, 5) is 10.9. The third kappa shape index (κ3) is 3.88. The summed E-state index contributed by atoms with van der Waals surface area (Å²) in [6.07, 6.45) is 3.16. The molecule has 0 amide bonds. The normalized spacial score (nSPS) is 11.5. The van der Waals surface area contributed by atoms with Crippen LogP contribution >= 0.6 is 15.9 Å². The number of rotatable bonds is 4. The Morgan fingerprint density at radius 3 is 2.80 bits per heavy atom. The van der Waals surface area contributed by atoms with Crippen molar-refractivity contribution in [2.75, 3.05) is 0 Å². The second-order valence-electron chi connectivity index (χ2n) is 3.28. The molecular weight excluding hydrogens is 256 g/mol. The van der Waals surface area contributed by atoms with E-state index >= 15 is 0 Å². The van der Waals surface area contributed by atoms with E-state index in [9.17, 15) is 4.79 Å². The van der Waals surface area contributed by atoms with Gasteiger partial charge in [-0.25, -0.2) is 4.79 Å². The molecule has 0 atom stereocenters. The van der Waals surface area contributed by atoms with Crippen LogP contribution in [0.25, 0.3) is 6.08 Å². The number of carboxylic acids is 1. The standard InChI is InChI=1S/C12H13BrO2/c1-2-4-10(12(14)15)7-9-5-3-6-11(13)8-9/h3,5-8H,2,4H2,1H3,(H,14,15). The van der Waals surface area contributed by atoms with E-state index in [-0.39, 0.29) is 0 Å². The van der Waals surface area contributed by atoms with Gasteiger partial charge in [0.1, 0.15) is 0 Å². The van der Waals surface area contributed by atoms with Crippen LogP contribution < -0.4 is 0 Å². The lowest BCUT2D eigenvalue weighted by Gasteiger charge is -2.00. The maximum absolute atomic E-state index is 10.9. The van der Waals surface area contributed by atoms with Gasteiger partial charge in [0.05, 0.1) is 0 Å². The van der Waals surface area contributed by atoms with Crippen molar-refractivity contribution in [3.05, 3.63) is 39.9 Å². The summed E-state index contributed by atoms with van der Waals surface area (Å²) >= 11 is 3.35. The van der Waals surface area contributed by atoms with E-state index in [1.807, 2.05) is 31.2 Å². The summed E-state index contributed by atoms with van der Waals surface area (Å²) in [7, 11) is 0. The van der Waals surface area contributed by atoms with Gasteiger partial charge in [0.15, 0.2) is 0 Å². The molecule has 15 heavy (non-hydrogen) atoms. The SMILES string of the molecule is CCCC(=Cc1cccc(Br)c1)C(=O)O. The molecular formula is C12H13BrO2. The average Bonchev–Trinajstić information content (AvgIpc) is 2.17. The summed E-state index contributed by atoms with van der Waals surface area (Å²) in [5, 5.41) is 8.95. The number of halogens is 1. The van der Waals surface area contributed by atoms with E-state index in [0.717, 1.165) is 16.5 Å². The Kier molecular flexibility index (Phi) is 4.56. The van der Waals surface area contributed by atoms with Crippen molar-refractivity contribution in [1.82, 2.24) is 0 Å². The lowest BCUT2D eigenvalue weighted by Crippen LogP contribution is -1.99. The van der Waals surface area contributed by atoms with Crippen LogP contribution in [0, 0.1) is 0 Å². The first kappa shape index (κ1) is 12.0. The first-order valence-corrected chi connectivity index (χ1v) is 5.62. The second-order valence-corrected chi connectivity index (χ2v) is 4.20. The van der Waals surface area contributed by atoms with Crippen molar-refractivity contribution in [1.29, 1.82) is 0 Å². The molecule has 1 N–H and O–H groups in total. The minimum Gasteiger partial charge on any atom is -0.478 e. The Bertz CT molecular complexity index is 383. The van der Waals surface area contributed by atoms with E-state index in [1.165, 1.54) is 0 Å². The Labute approximate surface area is 97.8 Å². The van der Waals surface area contributed by atoms with E-state index in [1.54, 1.807) is 6.08 Å². The summed E-state index contributed by atoms with van der Waals surface area (Å²) < 4.78 is 0.956. The third-order valence-electron chi connectivity index (χ3n) is 1.98. The third-order valence-corrected chi connectivity index (χ3v) is 2.48. The van der Waals surface area contributed by atoms with Gasteiger partial charge < -0.3 is 5.11 Å². The van der Waals surface area contributed by atoms with Gasteiger partial charge in [-0.1, -0.05) is 41.4 Å². The first-order chi connectivity index (χ1) is 7.13. The molecule has 0 aliphatic heterocycles. The molecule has 80 valence electrons. The lowest BCUT2D eigenvalue weighted by atomic mass is 10.1. The zero-order chi connectivity index (χ0) is 11.3. The van der Waals surface area contributed by atoms with Crippen molar-refractivity contribution >= 4 is 28.0 Å². The van der Waals surface area contributed by atoms with Crippen molar-refractivity contribution in [3.63, 3.8) is 0 Å². The quantitative estimate of drug-likeness (QED) is 0.846. The molecule has 0 spiro atoms. The van der Waals surface area contributed by atoms with Crippen molar-refractivity contribution in [2.24, 2.45) is 0 Å². The van der Waals surface area contributed by atoms with Crippen LogP contribution in [-0.2, 0) is 4.79 Å². The highest BCUT2D eigenvalue weighted by Gasteiger charge is 2.05. The molecule has 0 saturated carbocycles. The van der Waals surface area contributed by atoms with E-state index in [0.29, 0.717) is 12.0 Å². The van der Waals surface area contributed by atoms with Gasteiger partial charge in [-0.15, -0.1) is 0 Å². The van der Waals surface area contributed by atoms with Crippen LogP contribution in [0.1, 0.15) is 25.3 Å². The van der Waals surface area contributed by atoms with E-state index in [2.05, 4.69) is 15.9 Å². The summed E-state index contributed by atoms with van der Waals surface area (Å²) in [5.41, 5.74) is 1.37. The summed E-state index contributed by atoms with van der Waals surface area (Å²) in [6, 6.07) is 7.60. The monoisotopic (exact) mass is 268 g/mol. The van der Waals surface area contributed by atoms with Crippen LogP contribution in [0.2, 0.25) is 0 Å². The molecule has 0 aliphatic rings. The molecule has 1 aromatic rings. The minimum atomic E-state index is -0.836. The Hall–Kier alpha value is -1.09. The molecule has 0 radical (unpaired) electrons. The fraction of sp³-hybridized carbons (Fsp3) is 0.250. The van der Waals surface area contributed by atoms with Gasteiger partial charge in [0.25, 0.3) is 0 Å². The highest BCUT2D eigenvalue weighted by molar-refractivity contribution is 9.10. The average molecular weight is 269 g/mol. The maximum Gasteiger partial charge on any atom is 0.331 e. The second kappa shape index (κ2) is 5.71. The van der Waals surface area contributed by atoms with Crippen molar-refractivity contribution in [2.45, 2.75) is 19.8 Å². The zero-order valence-electron chi connectivity index (χ0n) is 8.53. The fourth-order valence-corrected chi connectivity index (χ4v) is 1.72. The molecule has 2 nitrogen and oxygen atoms in total. The maximum atomic E-state index is 10.9. The van der Waals surface area contributed by atoms with E-state index < -0.39 is 5.97 Å². The van der Waals surface area contributed by atoms with Crippen LogP contribution in [0.4, 0.5) is 0 Å². The number of hydrogen-bond acceptors (Lipinski definition) is 1.